The van der Waals surface area contributed by atoms with Crippen LogP contribution in [0.25, 0.3) is 0 Å². The molecule has 0 aromatic rings. The number of phosphoric ester groups is 1. The predicted molar refractivity (Wildman–Crippen MR) is 141 cm³/mol. The highest BCUT2D eigenvalue weighted by Crippen LogP contribution is 2.38. The molecule has 1 aliphatic rings. The molecule has 0 N–H and O–H groups in total. The van der Waals surface area contributed by atoms with Crippen molar-refractivity contribution >= 4 is 7.82 Å². The molecule has 8 heteroatoms. The minimum absolute atomic E-state index is 0.0812. The molecule has 2 atom stereocenters. The van der Waals surface area contributed by atoms with Crippen LogP contribution in [0.5, 0.6) is 0 Å². The molecule has 1 fully saturated rings. The molecule has 1 heterocycles. The van der Waals surface area contributed by atoms with Gasteiger partial charge in [-0.3, -0.25) is 4.57 Å². The second-order valence-corrected chi connectivity index (χ2v) is 12.0. The van der Waals surface area contributed by atoms with Gasteiger partial charge in [-0.05, 0) is 6.42 Å². The maximum atomic E-state index is 12.0. The van der Waals surface area contributed by atoms with Gasteiger partial charge in [0.15, 0.2) is 0 Å². The molecule has 7 nitrogen and oxygen atoms in total. The summed E-state index contributed by atoms with van der Waals surface area (Å²) in [6.45, 7) is 6.18. The molecule has 0 aromatic carbocycles. The first kappa shape index (κ1) is 33.0. The Hall–Kier alpha value is -0.0100. The summed E-state index contributed by atoms with van der Waals surface area (Å²) in [5, 5.41) is 0. The van der Waals surface area contributed by atoms with Crippen LogP contribution in [-0.2, 0) is 23.1 Å². The number of ether oxygens (including phenoxy) is 2. The Morgan fingerprint density at radius 1 is 0.771 bits per heavy atom. The van der Waals surface area contributed by atoms with Gasteiger partial charge in [-0.25, -0.2) is 0 Å². The van der Waals surface area contributed by atoms with Crippen molar-refractivity contribution in [2.75, 3.05) is 60.2 Å². The first-order valence-corrected chi connectivity index (χ1v) is 15.9. The lowest BCUT2D eigenvalue weighted by Gasteiger charge is -2.31. The summed E-state index contributed by atoms with van der Waals surface area (Å²) in [5.74, 6) is 0. The Kier molecular flexibility index (Phi) is 19.8. The molecular weight excluding hydrogens is 465 g/mol. The van der Waals surface area contributed by atoms with E-state index in [1.807, 2.05) is 0 Å². The fourth-order valence-electron chi connectivity index (χ4n) is 4.70. The van der Waals surface area contributed by atoms with E-state index in [-0.39, 0.29) is 13.2 Å². The normalized spacial score (nSPS) is 18.1. The van der Waals surface area contributed by atoms with Crippen LogP contribution in [0.2, 0.25) is 0 Å². The number of methoxy groups -OCH3 is 1. The molecule has 0 aromatic heterocycles. The lowest BCUT2D eigenvalue weighted by molar-refractivity contribution is -0.897. The Labute approximate surface area is 216 Å². The second kappa shape index (κ2) is 21.0. The van der Waals surface area contributed by atoms with E-state index >= 15 is 0 Å². The number of likely N-dealkylation sites (N-methyl/N-ethyl adjacent to an activating group) is 1. The predicted octanol–water partition coefficient (Wildman–Crippen LogP) is 6.24. The third-order valence-electron chi connectivity index (χ3n) is 7.22. The number of hydrogen-bond acceptors (Lipinski definition) is 6. The lowest BCUT2D eigenvalue weighted by atomic mass is 10.0. The summed E-state index contributed by atoms with van der Waals surface area (Å²) in [4.78, 5) is 12.0. The van der Waals surface area contributed by atoms with Crippen molar-refractivity contribution in [3.63, 3.8) is 0 Å². The van der Waals surface area contributed by atoms with E-state index in [0.29, 0.717) is 19.8 Å². The Balaban J connectivity index is 1.91. The van der Waals surface area contributed by atoms with Crippen molar-refractivity contribution in [3.05, 3.63) is 0 Å². The summed E-state index contributed by atoms with van der Waals surface area (Å²) >= 11 is 0. The average molecular weight is 522 g/mol. The smallest absolute Gasteiger partial charge is 0.268 e. The minimum Gasteiger partial charge on any atom is -0.756 e. The van der Waals surface area contributed by atoms with Crippen LogP contribution in [0.3, 0.4) is 0 Å². The first-order valence-electron chi connectivity index (χ1n) is 14.4. The van der Waals surface area contributed by atoms with Crippen LogP contribution >= 0.6 is 7.82 Å². The van der Waals surface area contributed by atoms with Crippen molar-refractivity contribution < 1.29 is 32.5 Å². The van der Waals surface area contributed by atoms with Crippen molar-refractivity contribution in [2.24, 2.45) is 0 Å². The van der Waals surface area contributed by atoms with Gasteiger partial charge in [-0.2, -0.15) is 0 Å². The summed E-state index contributed by atoms with van der Waals surface area (Å²) in [7, 11) is -0.635. The van der Waals surface area contributed by atoms with Gasteiger partial charge in [0.1, 0.15) is 19.3 Å². The Bertz CT molecular complexity index is 530. The van der Waals surface area contributed by atoms with Gasteiger partial charge in [-0.1, -0.05) is 90.4 Å². The largest absolute Gasteiger partial charge is 0.756 e. The first-order chi connectivity index (χ1) is 16.9. The number of phosphoric acid groups is 1. The van der Waals surface area contributed by atoms with Crippen molar-refractivity contribution in [2.45, 2.75) is 116 Å². The Morgan fingerprint density at radius 3 is 1.80 bits per heavy atom. The maximum Gasteiger partial charge on any atom is 0.268 e. The van der Waals surface area contributed by atoms with Gasteiger partial charge in [0.25, 0.3) is 7.82 Å². The third kappa shape index (κ3) is 18.8. The molecule has 1 unspecified atom stereocenters. The molecule has 0 radical (unpaired) electrons. The zero-order valence-corrected chi connectivity index (χ0v) is 24.1. The summed E-state index contributed by atoms with van der Waals surface area (Å²) < 4.78 is 34.0. The number of nitrogens with zero attached hydrogens (tertiary/aromatic N) is 1. The number of quaternary nitrogens is 1. The van der Waals surface area contributed by atoms with Crippen LogP contribution in [0.15, 0.2) is 0 Å². The van der Waals surface area contributed by atoms with Gasteiger partial charge >= 0.3 is 0 Å². The number of rotatable bonds is 25. The zero-order chi connectivity index (χ0) is 25.7. The van der Waals surface area contributed by atoms with Gasteiger partial charge in [0, 0.05) is 26.6 Å². The van der Waals surface area contributed by atoms with Crippen molar-refractivity contribution in [1.29, 1.82) is 0 Å². The molecule has 1 rings (SSSR count). The van der Waals surface area contributed by atoms with E-state index in [1.54, 1.807) is 7.11 Å². The Morgan fingerprint density at radius 2 is 1.29 bits per heavy atom. The standard InChI is InChI=1S/C27H56NO6P/c1-4-5-6-7-8-9-10-11-12-13-14-15-16-19-23-32-25-27(31-3)26-34-35(29,30)33-24-22-28(2)20-17-18-21-28/h27H,4-26H2,1-3H3/t27-/m1/s1. The zero-order valence-electron chi connectivity index (χ0n) is 23.2. The molecular formula is C27H56NO6P. The van der Waals surface area contributed by atoms with Crippen LogP contribution in [0, 0.1) is 0 Å². The number of hydrogen-bond donors (Lipinski definition) is 0. The lowest BCUT2D eigenvalue weighted by Crippen LogP contribution is -2.43. The van der Waals surface area contributed by atoms with E-state index in [2.05, 4.69) is 14.0 Å². The SMILES string of the molecule is CCCCCCCCCCCCCCCCOC[C@H](COP(=O)([O-])OCC[N+]1(C)CCCC1)OC. The van der Waals surface area contributed by atoms with E-state index in [0.717, 1.165) is 24.0 Å². The quantitative estimate of drug-likeness (QED) is 0.0804. The highest BCUT2D eigenvalue weighted by molar-refractivity contribution is 7.45. The monoisotopic (exact) mass is 521 g/mol. The van der Waals surface area contributed by atoms with Crippen LogP contribution in [-0.4, -0.2) is 70.8 Å². The van der Waals surface area contributed by atoms with Gasteiger partial charge in [0.2, 0.25) is 0 Å². The highest BCUT2D eigenvalue weighted by Gasteiger charge is 2.27. The summed E-state index contributed by atoms with van der Waals surface area (Å²) in [6, 6.07) is 0. The maximum absolute atomic E-state index is 12.0. The van der Waals surface area contributed by atoms with E-state index in [9.17, 15) is 9.46 Å². The fourth-order valence-corrected chi connectivity index (χ4v) is 5.43. The molecule has 0 amide bonds. The minimum atomic E-state index is -4.32. The van der Waals surface area contributed by atoms with Gasteiger partial charge in [-0.15, -0.1) is 0 Å². The molecule has 35 heavy (non-hydrogen) atoms. The van der Waals surface area contributed by atoms with Crippen LogP contribution in [0.4, 0.5) is 0 Å². The van der Waals surface area contributed by atoms with Crippen LogP contribution < -0.4 is 4.89 Å². The molecule has 0 spiro atoms. The summed E-state index contributed by atoms with van der Waals surface area (Å²) in [5.41, 5.74) is 0. The topological polar surface area (TPSA) is 77.1 Å². The highest BCUT2D eigenvalue weighted by atomic mass is 31.2. The molecule has 0 aliphatic carbocycles. The molecule has 0 bridgehead atoms. The van der Waals surface area contributed by atoms with E-state index in [4.69, 9.17) is 18.5 Å². The third-order valence-corrected chi connectivity index (χ3v) is 8.19. The number of likely N-dealkylation sites (tertiary alicyclic amines) is 1. The van der Waals surface area contributed by atoms with E-state index in [1.165, 1.54) is 96.3 Å². The molecule has 0 saturated carbocycles. The molecule has 1 aliphatic heterocycles. The molecule has 1 saturated heterocycles. The van der Waals surface area contributed by atoms with Crippen LogP contribution in [0.1, 0.15) is 110 Å². The number of unbranched alkanes of at least 4 members (excludes halogenated alkanes) is 13. The van der Waals surface area contributed by atoms with E-state index < -0.39 is 13.9 Å². The molecule has 210 valence electrons. The van der Waals surface area contributed by atoms with Gasteiger partial charge < -0.3 is 27.9 Å². The van der Waals surface area contributed by atoms with Crippen molar-refractivity contribution in [1.82, 2.24) is 0 Å². The fraction of sp³-hybridized carbons (Fsp3) is 1.00. The summed E-state index contributed by atoms with van der Waals surface area (Å²) in [6.07, 6.45) is 20.6. The van der Waals surface area contributed by atoms with Crippen molar-refractivity contribution in [3.8, 4) is 0 Å². The van der Waals surface area contributed by atoms with Gasteiger partial charge in [0.05, 0.1) is 33.4 Å². The second-order valence-electron chi connectivity index (χ2n) is 10.6. The average Bonchev–Trinajstić information content (AvgIpc) is 3.26.